The maximum Gasteiger partial charge on any atom is 0.416 e. The molecule has 4 rings (SSSR count). The van der Waals surface area contributed by atoms with Crippen LogP contribution in [0.4, 0.5) is 23.7 Å². The number of anilines is 1. The van der Waals surface area contributed by atoms with E-state index >= 15 is 0 Å². The first-order valence-corrected chi connectivity index (χ1v) is 11.1. The summed E-state index contributed by atoms with van der Waals surface area (Å²) >= 11 is 5.82. The molecule has 1 aliphatic heterocycles. The van der Waals surface area contributed by atoms with Crippen molar-refractivity contribution in [1.29, 1.82) is 0 Å². The highest BCUT2D eigenvalue weighted by Crippen LogP contribution is 2.33. The van der Waals surface area contributed by atoms with Crippen molar-refractivity contribution >= 4 is 47.2 Å². The highest BCUT2D eigenvalue weighted by atomic mass is 35.5. The molecule has 0 unspecified atom stereocenters. The Morgan fingerprint density at radius 3 is 2.34 bits per heavy atom. The molecule has 1 saturated heterocycles. The number of ether oxygens (including phenoxy) is 2. The minimum absolute atomic E-state index is 0.0368. The van der Waals surface area contributed by atoms with E-state index in [0.29, 0.717) is 16.0 Å². The summed E-state index contributed by atoms with van der Waals surface area (Å²) in [6, 6.07) is 12.5. The van der Waals surface area contributed by atoms with E-state index in [1.165, 1.54) is 49.6 Å². The minimum Gasteiger partial charge on any atom is -0.493 e. The molecule has 8 nitrogen and oxygen atoms in total. The number of nitrogens with one attached hydrogen (secondary N) is 1. The first-order valence-electron chi connectivity index (χ1n) is 10.7. The van der Waals surface area contributed by atoms with Crippen LogP contribution in [0, 0.1) is 0 Å². The van der Waals surface area contributed by atoms with E-state index < -0.39 is 41.1 Å². The number of nitrogens with zero attached hydrogens (tertiary/aromatic N) is 1. The predicted molar refractivity (Wildman–Crippen MR) is 130 cm³/mol. The number of carbonyl (C=O) groups is 4. The highest BCUT2D eigenvalue weighted by molar-refractivity contribution is 6.39. The molecule has 0 aromatic heterocycles. The fourth-order valence-corrected chi connectivity index (χ4v) is 3.61. The number of carbonyl (C=O) groups excluding carboxylic acids is 4. The van der Waals surface area contributed by atoms with E-state index in [-0.39, 0.29) is 28.3 Å². The van der Waals surface area contributed by atoms with Crippen LogP contribution in [0.25, 0.3) is 6.08 Å². The Balaban J connectivity index is 1.63. The monoisotopic (exact) mass is 544 g/mol. The third-order valence-corrected chi connectivity index (χ3v) is 5.57. The van der Waals surface area contributed by atoms with Gasteiger partial charge in [0.05, 0.1) is 23.9 Å². The lowest BCUT2D eigenvalue weighted by atomic mass is 10.1. The van der Waals surface area contributed by atoms with Crippen molar-refractivity contribution in [3.05, 3.63) is 94.0 Å². The molecule has 0 spiro atoms. The maximum atomic E-state index is 13.1. The standard InChI is InChI=1S/C26H16ClF3N2O6/c1-37-21-12-14(5-10-20(21)38-24(35)15-6-8-17(27)9-7-15)11-19-22(33)31-25(36)32(23(19)34)18-4-2-3-16(13-18)26(28,29)30/h2-13H,1H3,(H,31,33,36)/b19-11+. The van der Waals surface area contributed by atoms with Gasteiger partial charge in [0.15, 0.2) is 11.5 Å². The van der Waals surface area contributed by atoms with E-state index in [1.807, 2.05) is 5.32 Å². The third kappa shape index (κ3) is 5.52. The summed E-state index contributed by atoms with van der Waals surface area (Å²) in [7, 11) is 1.30. The molecule has 4 amide bonds. The van der Waals surface area contributed by atoms with Gasteiger partial charge in [0.25, 0.3) is 11.8 Å². The van der Waals surface area contributed by atoms with Gasteiger partial charge in [-0.25, -0.2) is 14.5 Å². The third-order valence-electron chi connectivity index (χ3n) is 5.31. The predicted octanol–water partition coefficient (Wildman–Crippen LogP) is 5.25. The Hall–Kier alpha value is -4.64. The molecule has 0 atom stereocenters. The smallest absolute Gasteiger partial charge is 0.416 e. The number of hydrogen-bond acceptors (Lipinski definition) is 6. The second-order valence-corrected chi connectivity index (χ2v) is 8.25. The molecule has 0 aliphatic carbocycles. The number of esters is 1. The van der Waals surface area contributed by atoms with E-state index in [1.54, 1.807) is 0 Å². The van der Waals surface area contributed by atoms with Gasteiger partial charge in [0.1, 0.15) is 5.57 Å². The van der Waals surface area contributed by atoms with E-state index in [9.17, 15) is 32.3 Å². The molecule has 1 fully saturated rings. The Morgan fingerprint density at radius 1 is 0.974 bits per heavy atom. The largest absolute Gasteiger partial charge is 0.493 e. The van der Waals surface area contributed by atoms with Crippen LogP contribution < -0.4 is 19.7 Å². The summed E-state index contributed by atoms with van der Waals surface area (Å²) in [5.74, 6) is -2.75. The summed E-state index contributed by atoms with van der Waals surface area (Å²) < 4.78 is 50.0. The minimum atomic E-state index is -4.71. The van der Waals surface area contributed by atoms with Gasteiger partial charge in [0.2, 0.25) is 0 Å². The van der Waals surface area contributed by atoms with Crippen molar-refractivity contribution in [3.63, 3.8) is 0 Å². The van der Waals surface area contributed by atoms with Gasteiger partial charge in [0, 0.05) is 5.02 Å². The lowest BCUT2D eigenvalue weighted by Crippen LogP contribution is -2.54. The number of alkyl halides is 3. The first kappa shape index (κ1) is 26.4. The average molecular weight is 545 g/mol. The molecule has 12 heteroatoms. The van der Waals surface area contributed by atoms with Gasteiger partial charge in [-0.05, 0) is 66.2 Å². The molecule has 194 valence electrons. The SMILES string of the molecule is COc1cc(/C=C2\C(=O)NC(=O)N(c3cccc(C(F)(F)F)c3)C2=O)ccc1OC(=O)c1ccc(Cl)cc1. The topological polar surface area (TPSA) is 102 Å². The second-order valence-electron chi connectivity index (χ2n) is 7.81. The van der Waals surface area contributed by atoms with Crippen molar-refractivity contribution in [2.75, 3.05) is 12.0 Å². The van der Waals surface area contributed by atoms with Crippen LogP contribution >= 0.6 is 11.6 Å². The summed E-state index contributed by atoms with van der Waals surface area (Å²) in [4.78, 5) is 50.7. The number of halogens is 4. The van der Waals surface area contributed by atoms with Gasteiger partial charge in [-0.15, -0.1) is 0 Å². The number of benzene rings is 3. The molecule has 3 aromatic carbocycles. The molecule has 0 radical (unpaired) electrons. The molecule has 0 bridgehead atoms. The van der Waals surface area contributed by atoms with E-state index in [2.05, 4.69) is 0 Å². The normalized spacial score (nSPS) is 14.9. The quantitative estimate of drug-likeness (QED) is 0.204. The molecule has 38 heavy (non-hydrogen) atoms. The van der Waals surface area contributed by atoms with Crippen molar-refractivity contribution in [1.82, 2.24) is 5.32 Å². The van der Waals surface area contributed by atoms with Crippen molar-refractivity contribution in [3.8, 4) is 11.5 Å². The number of imide groups is 2. The Kier molecular flexibility index (Phi) is 7.22. The van der Waals surface area contributed by atoms with Gasteiger partial charge >= 0.3 is 18.2 Å². The Morgan fingerprint density at radius 2 is 1.68 bits per heavy atom. The molecule has 1 aliphatic rings. The summed E-state index contributed by atoms with van der Waals surface area (Å²) in [6.45, 7) is 0. The number of methoxy groups -OCH3 is 1. The van der Waals surface area contributed by atoms with E-state index in [4.69, 9.17) is 21.1 Å². The molecule has 0 saturated carbocycles. The maximum absolute atomic E-state index is 13.1. The molecule has 1 heterocycles. The van der Waals surface area contributed by atoms with Crippen molar-refractivity contribution < 1.29 is 41.8 Å². The second kappa shape index (κ2) is 10.4. The molecular weight excluding hydrogens is 529 g/mol. The van der Waals surface area contributed by atoms with Crippen LogP contribution in [-0.4, -0.2) is 30.9 Å². The number of amides is 4. The lowest BCUT2D eigenvalue weighted by Gasteiger charge is -2.27. The van der Waals surface area contributed by atoms with Gasteiger partial charge in [-0.1, -0.05) is 23.7 Å². The molecule has 3 aromatic rings. The highest BCUT2D eigenvalue weighted by Gasteiger charge is 2.38. The van der Waals surface area contributed by atoms with Crippen LogP contribution in [0.5, 0.6) is 11.5 Å². The molecule has 1 N–H and O–H groups in total. The molecular formula is C26H16ClF3N2O6. The first-order chi connectivity index (χ1) is 18.0. The summed E-state index contributed by atoms with van der Waals surface area (Å²) in [5.41, 5.74) is -1.50. The van der Waals surface area contributed by atoms with Crippen LogP contribution in [0.3, 0.4) is 0 Å². The van der Waals surface area contributed by atoms with Gasteiger partial charge < -0.3 is 9.47 Å². The van der Waals surface area contributed by atoms with Crippen LogP contribution in [-0.2, 0) is 15.8 Å². The number of hydrogen-bond donors (Lipinski definition) is 1. The number of barbiturate groups is 1. The van der Waals surface area contributed by atoms with Crippen molar-refractivity contribution in [2.45, 2.75) is 6.18 Å². The Bertz CT molecular complexity index is 1490. The van der Waals surface area contributed by atoms with Gasteiger partial charge in [-0.2, -0.15) is 13.2 Å². The zero-order valence-corrected chi connectivity index (χ0v) is 20.1. The number of rotatable bonds is 5. The average Bonchev–Trinajstić information content (AvgIpc) is 2.87. The van der Waals surface area contributed by atoms with Gasteiger partial charge in [-0.3, -0.25) is 14.9 Å². The number of urea groups is 1. The zero-order valence-electron chi connectivity index (χ0n) is 19.3. The zero-order chi connectivity index (χ0) is 27.6. The van der Waals surface area contributed by atoms with Crippen LogP contribution in [0.1, 0.15) is 21.5 Å². The fraction of sp³-hybridized carbons (Fsp3) is 0.0769. The summed E-state index contributed by atoms with van der Waals surface area (Å²) in [6.07, 6.45) is -3.59. The summed E-state index contributed by atoms with van der Waals surface area (Å²) in [5, 5.41) is 2.38. The van der Waals surface area contributed by atoms with Crippen molar-refractivity contribution in [2.24, 2.45) is 0 Å². The fourth-order valence-electron chi connectivity index (χ4n) is 3.48. The lowest BCUT2D eigenvalue weighted by molar-refractivity contribution is -0.137. The van der Waals surface area contributed by atoms with Crippen LogP contribution in [0.15, 0.2) is 72.3 Å². The van der Waals surface area contributed by atoms with Crippen LogP contribution in [0.2, 0.25) is 5.02 Å². The Labute approximate surface area is 218 Å². The van der Waals surface area contributed by atoms with E-state index in [0.717, 1.165) is 24.3 Å².